The number of halogens is 12. The maximum absolute atomic E-state index is 15.3. The molecule has 30 heteroatoms. The lowest BCUT2D eigenvalue weighted by Crippen LogP contribution is -2.24. The van der Waals surface area contributed by atoms with Crippen molar-refractivity contribution in [2.45, 2.75) is 146 Å². The SMILES string of the molecule is Cc1ccc(-c2ccc(C#CC(C)(C)O)nc2[C@@H](CC(=O)Cn2nc(C(F)F)c3c2C(F)(F)[C@@H]2C[C@H]32)Cc2cc(F)cc(F)c2)c2c1c(N)nn2C.Cc1ccc(-c2ccc(C#CC(C)(C)O)nc2[C@@H](N)Cc2cc(F)cc(F)c2)c2c1c(N)nn2C.O=C(O)Cn1nc(C(F)F)c2c1C(F)(F)[C@@H]1C[C@H]21. The summed E-state index contributed by atoms with van der Waals surface area (Å²) in [6, 6.07) is 20.1. The first-order valence-corrected chi connectivity index (χ1v) is 33.1. The van der Waals surface area contributed by atoms with Crippen molar-refractivity contribution in [1.29, 1.82) is 0 Å². The van der Waals surface area contributed by atoms with Gasteiger partial charge in [-0.3, -0.25) is 28.3 Å². The van der Waals surface area contributed by atoms with Crippen LogP contribution in [-0.2, 0) is 61.5 Å². The molecule has 0 aliphatic heterocycles. The number of carbonyl (C=O) groups excluding carboxylic acids is 1. The number of anilines is 2. The highest BCUT2D eigenvalue weighted by molar-refractivity contribution is 6.03. The van der Waals surface area contributed by atoms with Gasteiger partial charge in [-0.15, -0.1) is 0 Å². The van der Waals surface area contributed by atoms with Gasteiger partial charge in [0, 0.05) is 94.6 Å². The molecule has 6 heterocycles. The first-order chi connectivity index (χ1) is 49.2. The summed E-state index contributed by atoms with van der Waals surface area (Å²) in [6.07, 6.45) is -6.23. The normalized spacial score (nSPS) is 17.7. The molecule has 4 aromatic carbocycles. The number of aliphatic carboxylic acids is 1. The number of nitrogen functional groups attached to an aromatic ring is 2. The number of aromatic nitrogens is 10. The molecule has 0 bridgehead atoms. The molecule has 2 fully saturated rings. The minimum Gasteiger partial charge on any atom is -0.480 e. The van der Waals surface area contributed by atoms with E-state index in [1.54, 1.807) is 48.5 Å². The monoisotopic (exact) mass is 1460 g/mol. The van der Waals surface area contributed by atoms with Gasteiger partial charge in [-0.05, 0) is 162 Å². The van der Waals surface area contributed by atoms with Crippen molar-refractivity contribution < 1.29 is 77.6 Å². The van der Waals surface area contributed by atoms with Crippen LogP contribution in [-0.4, -0.2) is 87.4 Å². The number of ketones is 1. The molecule has 4 aliphatic carbocycles. The number of hydrogen-bond donors (Lipinski definition) is 6. The second-order valence-corrected chi connectivity index (χ2v) is 28.0. The van der Waals surface area contributed by atoms with Crippen LogP contribution >= 0.6 is 0 Å². The Labute approximate surface area is 592 Å². The van der Waals surface area contributed by atoms with Crippen LogP contribution in [0.3, 0.4) is 0 Å². The molecule has 6 aromatic heterocycles. The second-order valence-electron chi connectivity index (χ2n) is 28.0. The Bertz CT molecular complexity index is 5260. The van der Waals surface area contributed by atoms with E-state index in [0.29, 0.717) is 60.2 Å². The van der Waals surface area contributed by atoms with Gasteiger partial charge in [0.2, 0.25) is 0 Å². The van der Waals surface area contributed by atoms with E-state index in [2.05, 4.69) is 44.1 Å². The van der Waals surface area contributed by atoms with Gasteiger partial charge in [0.25, 0.3) is 24.7 Å². The molecular formula is C75H69F12N13O5. The number of aryl methyl sites for hydroxylation is 4. The maximum Gasteiger partial charge on any atom is 0.325 e. The van der Waals surface area contributed by atoms with Crippen LogP contribution in [0.25, 0.3) is 44.1 Å². The van der Waals surface area contributed by atoms with Crippen LogP contribution in [0.4, 0.5) is 64.3 Å². The van der Waals surface area contributed by atoms with E-state index in [4.69, 9.17) is 32.3 Å². The molecule has 6 atom stereocenters. The highest BCUT2D eigenvalue weighted by atomic mass is 19.3. The number of carbonyl (C=O) groups is 2. The molecule has 10 aromatic rings. The number of Topliss-reactive ketones (excluding diaryl/α,β-unsaturated/α-hetero) is 1. The minimum atomic E-state index is -3.43. The van der Waals surface area contributed by atoms with Crippen molar-refractivity contribution in [2.24, 2.45) is 31.7 Å². The summed E-state index contributed by atoms with van der Waals surface area (Å²) in [4.78, 5) is 34.0. The van der Waals surface area contributed by atoms with Crippen molar-refractivity contribution in [3.8, 4) is 45.9 Å². The largest absolute Gasteiger partial charge is 0.480 e. The first-order valence-electron chi connectivity index (χ1n) is 33.1. The van der Waals surface area contributed by atoms with E-state index in [0.717, 1.165) is 51.4 Å². The molecule has 0 spiro atoms. The molecule has 0 saturated heterocycles. The standard InChI is InChI=1S/C38H34F6N6O2.C27H27F2N5O.C10H8F4N2O2/c1-18-5-7-26(33-29(18)36(45)48-49(33)4)25-8-6-23(9-10-37(2,3)52)46-31(25)20(11-19-12-21(39)15-22(40)13-19)14-24(51)17-50-34-30(32(47-50)35(41)42)27-16-28(27)38(34,43)44;1-15-5-7-21(25-23(15)26(31)33-34(25)4)20-8-6-19(9-10-27(2,3)35)32-24(20)22(30)13-16-11-17(28)14-18(29)12-16;11-9(12)7-6-3-1-4(3)10(13,14)8(6)16(15-7)2-5(17)18/h5-8,12-13,15,20,27-28,35,52H,11,14,16-17H2,1-4H3,(H2,45,48);5-8,11-12,14,22,35H,13,30H2,1-4H3,(H2,31,33);3-4,9H,1-2H2,(H,17,18)/t20-,27+,28-;22-;3-,4+/m100/s1. The lowest BCUT2D eigenvalue weighted by molar-refractivity contribution is -0.138. The zero-order valence-electron chi connectivity index (χ0n) is 57.5. The van der Waals surface area contributed by atoms with Gasteiger partial charge in [0.1, 0.15) is 81.7 Å². The Morgan fingerprint density at radius 3 is 1.37 bits per heavy atom. The van der Waals surface area contributed by atoms with Crippen molar-refractivity contribution in [3.63, 3.8) is 0 Å². The first kappa shape index (κ1) is 74.2. The number of nitrogens with zero attached hydrogens (tertiary/aromatic N) is 10. The van der Waals surface area contributed by atoms with Gasteiger partial charge >= 0.3 is 5.97 Å². The Morgan fingerprint density at radius 1 is 0.571 bits per heavy atom. The number of benzene rings is 4. The fourth-order valence-corrected chi connectivity index (χ4v) is 14.4. The molecule has 4 aliphatic rings. The van der Waals surface area contributed by atoms with Gasteiger partial charge < -0.3 is 32.5 Å². The summed E-state index contributed by atoms with van der Waals surface area (Å²) < 4.78 is 173. The summed E-state index contributed by atoms with van der Waals surface area (Å²) in [7, 11) is 3.53. The van der Waals surface area contributed by atoms with E-state index in [-0.39, 0.29) is 59.6 Å². The number of rotatable bonds is 16. The van der Waals surface area contributed by atoms with Crippen molar-refractivity contribution in [2.75, 3.05) is 11.5 Å². The molecular weight excluding hydrogens is 1390 g/mol. The van der Waals surface area contributed by atoms with Gasteiger partial charge in [-0.2, -0.15) is 38.0 Å². The number of fused-ring (bicyclic) bond motifs is 8. The number of carboxylic acids is 1. The summed E-state index contributed by atoms with van der Waals surface area (Å²) in [5, 5.41) is 46.3. The van der Waals surface area contributed by atoms with Crippen LogP contribution in [0.15, 0.2) is 84.9 Å². The average Bonchev–Trinajstić information content (AvgIpc) is 1.53. The predicted octanol–water partition coefficient (Wildman–Crippen LogP) is 13.5. The molecule has 0 unspecified atom stereocenters. The fraction of sp³-hybridized carbons (Fsp3) is 0.360. The Kier molecular flexibility index (Phi) is 19.4. The van der Waals surface area contributed by atoms with E-state index in [9.17, 15) is 63.7 Å². The maximum atomic E-state index is 15.3. The van der Waals surface area contributed by atoms with Crippen LogP contribution in [0.2, 0.25) is 0 Å². The van der Waals surface area contributed by atoms with E-state index >= 15 is 8.78 Å². The lowest BCUT2D eigenvalue weighted by Gasteiger charge is -2.22. The summed E-state index contributed by atoms with van der Waals surface area (Å²) >= 11 is 0. The zero-order chi connectivity index (χ0) is 76.2. The summed E-state index contributed by atoms with van der Waals surface area (Å²) in [5.41, 5.74) is 21.3. The molecule has 14 rings (SSSR count). The number of carboxylic acid groups (broad SMARTS) is 1. The van der Waals surface area contributed by atoms with Gasteiger partial charge in [0.15, 0.2) is 17.4 Å². The molecule has 548 valence electrons. The van der Waals surface area contributed by atoms with Gasteiger partial charge in [-0.1, -0.05) is 36.1 Å². The Balaban J connectivity index is 0.000000167. The molecule has 18 nitrogen and oxygen atoms in total. The molecule has 0 radical (unpaired) electrons. The number of pyridine rings is 2. The predicted molar refractivity (Wildman–Crippen MR) is 363 cm³/mol. The highest BCUT2D eigenvalue weighted by Gasteiger charge is 2.68. The van der Waals surface area contributed by atoms with Crippen LogP contribution in [0.5, 0.6) is 0 Å². The lowest BCUT2D eigenvalue weighted by atomic mass is 9.86. The summed E-state index contributed by atoms with van der Waals surface area (Å²) in [5.74, 6) is -4.25. The second kappa shape index (κ2) is 27.5. The average molecular weight is 1460 g/mol. The third kappa shape index (κ3) is 14.8. The number of hydrogen-bond acceptors (Lipinski definition) is 13. The highest BCUT2D eigenvalue weighted by Crippen LogP contribution is 2.69. The molecule has 0 amide bonds. The van der Waals surface area contributed by atoms with Gasteiger partial charge in [0.05, 0.1) is 28.5 Å². The van der Waals surface area contributed by atoms with Gasteiger partial charge in [-0.25, -0.2) is 45.1 Å². The zero-order valence-corrected chi connectivity index (χ0v) is 57.5. The smallest absolute Gasteiger partial charge is 0.325 e. The topological polar surface area (TPSA) is 270 Å². The van der Waals surface area contributed by atoms with Crippen molar-refractivity contribution in [1.82, 2.24) is 49.1 Å². The fourth-order valence-electron chi connectivity index (χ4n) is 14.4. The number of alkyl halides is 8. The van der Waals surface area contributed by atoms with E-state index in [1.807, 2.05) is 51.2 Å². The number of aliphatic hydroxyl groups is 2. The van der Waals surface area contributed by atoms with E-state index < -0.39 is 149 Å². The van der Waals surface area contributed by atoms with Crippen molar-refractivity contribution >= 4 is 45.2 Å². The van der Waals surface area contributed by atoms with Crippen LogP contribution < -0.4 is 17.2 Å². The Morgan fingerprint density at radius 2 is 0.962 bits per heavy atom. The summed E-state index contributed by atoms with van der Waals surface area (Å²) in [6.45, 7) is 8.40. The molecule has 2 saturated carbocycles. The third-order valence-corrected chi connectivity index (χ3v) is 18.8. The van der Waals surface area contributed by atoms with Crippen LogP contribution in [0, 0.1) is 72.6 Å². The van der Waals surface area contributed by atoms with Crippen molar-refractivity contribution in [3.05, 3.63) is 187 Å². The molecule has 105 heavy (non-hydrogen) atoms. The van der Waals surface area contributed by atoms with E-state index in [1.165, 1.54) is 26.0 Å². The minimum absolute atomic E-state index is 0.0708. The van der Waals surface area contributed by atoms with Crippen LogP contribution in [0.1, 0.15) is 163 Å². The third-order valence-electron chi connectivity index (χ3n) is 18.8. The quantitative estimate of drug-likeness (QED) is 0.0388. The number of nitrogens with two attached hydrogens (primary N) is 3. The Hall–Kier alpha value is -10.6. The molecule has 9 N–H and O–H groups in total.